The van der Waals surface area contributed by atoms with Crippen molar-refractivity contribution >= 4 is 32.2 Å². The summed E-state index contributed by atoms with van der Waals surface area (Å²) in [5, 5.41) is 15.2. The Morgan fingerprint density at radius 3 is 2.53 bits per heavy atom. The van der Waals surface area contributed by atoms with Gasteiger partial charge < -0.3 is 10.0 Å². The van der Waals surface area contributed by atoms with Gasteiger partial charge in [-0.2, -0.15) is 5.10 Å². The second-order valence-electron chi connectivity index (χ2n) is 8.10. The minimum absolute atomic E-state index is 0.0126. The average Bonchev–Trinajstić information content (AvgIpc) is 3.26. The molecule has 0 aliphatic carbocycles. The van der Waals surface area contributed by atoms with Crippen molar-refractivity contribution in [3.05, 3.63) is 35.5 Å². The Bertz CT molecular complexity index is 1150. The van der Waals surface area contributed by atoms with Gasteiger partial charge in [-0.15, -0.1) is 0 Å². The van der Waals surface area contributed by atoms with Crippen LogP contribution in [0.1, 0.15) is 37.6 Å². The molecular weight excluding hydrogens is 424 g/mol. The average molecular weight is 449 g/mol. The third-order valence-electron chi connectivity index (χ3n) is 5.65. The molecular formula is C20H24N4O4S2. The predicted octanol–water partition coefficient (Wildman–Crippen LogP) is 3.74. The van der Waals surface area contributed by atoms with Crippen molar-refractivity contribution in [1.29, 1.82) is 0 Å². The summed E-state index contributed by atoms with van der Waals surface area (Å²) in [6, 6.07) is 6.65. The lowest BCUT2D eigenvalue weighted by Crippen LogP contribution is -2.47. The van der Waals surface area contributed by atoms with Crippen molar-refractivity contribution in [2.75, 3.05) is 12.8 Å². The number of hydrogen-bond donors (Lipinski definition) is 1. The number of benzene rings is 1. The normalized spacial score (nSPS) is 20.2. The highest BCUT2D eigenvalue weighted by atomic mass is 32.2. The summed E-state index contributed by atoms with van der Waals surface area (Å²) in [6.45, 7) is 4.63. The Morgan fingerprint density at radius 2 is 1.97 bits per heavy atom. The van der Waals surface area contributed by atoms with E-state index in [4.69, 9.17) is 5.10 Å². The molecule has 4 rings (SSSR count). The van der Waals surface area contributed by atoms with E-state index in [2.05, 4.69) is 18.8 Å². The zero-order chi connectivity index (χ0) is 21.6. The zero-order valence-corrected chi connectivity index (χ0v) is 18.7. The molecule has 2 unspecified atom stereocenters. The summed E-state index contributed by atoms with van der Waals surface area (Å²) >= 11 is 1.53. The molecule has 1 N–H and O–H groups in total. The smallest absolute Gasteiger partial charge is 0.407 e. The first-order chi connectivity index (χ1) is 14.1. The summed E-state index contributed by atoms with van der Waals surface area (Å²) in [5.74, 6) is 0.464. The quantitative estimate of drug-likeness (QED) is 0.652. The standard InChI is InChI=1S/C20H24N4O4S2/c1-12(2)17-10-14(8-9-23(17)20(25)26)18-22-24-11-16(21-19(24)29-18)13-4-6-15(7-5-13)30(3,27)28/h4-7,11-12,14,17H,8-10H2,1-3H3,(H,25,26). The summed E-state index contributed by atoms with van der Waals surface area (Å²) in [4.78, 5) is 18.8. The monoisotopic (exact) mass is 448 g/mol. The van der Waals surface area contributed by atoms with Crippen molar-refractivity contribution < 1.29 is 18.3 Å². The maximum Gasteiger partial charge on any atom is 0.407 e. The SMILES string of the molecule is CC(C)C1CC(c2nn3cc(-c4ccc(S(C)(=O)=O)cc4)nc3s2)CCN1C(=O)O. The lowest BCUT2D eigenvalue weighted by molar-refractivity contribution is 0.0826. The van der Waals surface area contributed by atoms with Crippen molar-refractivity contribution in [3.8, 4) is 11.3 Å². The van der Waals surface area contributed by atoms with Crippen LogP contribution in [0.25, 0.3) is 16.2 Å². The largest absolute Gasteiger partial charge is 0.465 e. The minimum Gasteiger partial charge on any atom is -0.465 e. The molecule has 1 fully saturated rings. The highest BCUT2D eigenvalue weighted by Crippen LogP contribution is 2.36. The molecule has 8 nitrogen and oxygen atoms in total. The Morgan fingerprint density at radius 1 is 1.27 bits per heavy atom. The molecule has 1 amide bonds. The van der Waals surface area contributed by atoms with Gasteiger partial charge in [-0.05, 0) is 30.9 Å². The van der Waals surface area contributed by atoms with Crippen molar-refractivity contribution in [1.82, 2.24) is 19.5 Å². The lowest BCUT2D eigenvalue weighted by Gasteiger charge is -2.39. The van der Waals surface area contributed by atoms with E-state index in [1.165, 1.54) is 17.6 Å². The Balaban J connectivity index is 1.56. The number of carboxylic acid groups (broad SMARTS) is 1. The molecule has 30 heavy (non-hydrogen) atoms. The predicted molar refractivity (Wildman–Crippen MR) is 115 cm³/mol. The van der Waals surface area contributed by atoms with E-state index in [9.17, 15) is 18.3 Å². The number of sulfone groups is 1. The molecule has 1 saturated heterocycles. The van der Waals surface area contributed by atoms with Crippen LogP contribution in [0.4, 0.5) is 4.79 Å². The maximum atomic E-state index is 11.6. The van der Waals surface area contributed by atoms with Crippen LogP contribution in [0.3, 0.4) is 0 Å². The van der Waals surface area contributed by atoms with Gasteiger partial charge in [-0.1, -0.05) is 37.3 Å². The molecule has 1 aliphatic rings. The van der Waals surface area contributed by atoms with Gasteiger partial charge in [0.2, 0.25) is 4.96 Å². The van der Waals surface area contributed by atoms with Crippen LogP contribution in [-0.2, 0) is 9.84 Å². The molecule has 0 spiro atoms. The van der Waals surface area contributed by atoms with Crippen LogP contribution in [-0.4, -0.2) is 58.0 Å². The second kappa shape index (κ2) is 7.66. The van der Waals surface area contributed by atoms with Gasteiger partial charge in [-0.25, -0.2) is 22.7 Å². The Labute approximate surface area is 179 Å². The second-order valence-corrected chi connectivity index (χ2v) is 11.1. The van der Waals surface area contributed by atoms with Crippen LogP contribution in [0.2, 0.25) is 0 Å². The van der Waals surface area contributed by atoms with E-state index in [0.29, 0.717) is 6.54 Å². The zero-order valence-electron chi connectivity index (χ0n) is 17.0. The summed E-state index contributed by atoms with van der Waals surface area (Å²) in [7, 11) is -3.23. The van der Waals surface area contributed by atoms with Gasteiger partial charge in [0.15, 0.2) is 9.84 Å². The first-order valence-corrected chi connectivity index (χ1v) is 12.5. The van der Waals surface area contributed by atoms with Crippen LogP contribution < -0.4 is 0 Å². The number of likely N-dealkylation sites (tertiary alicyclic amines) is 1. The Hall–Kier alpha value is -2.46. The van der Waals surface area contributed by atoms with Crippen molar-refractivity contribution in [2.24, 2.45) is 5.92 Å². The molecule has 2 atom stereocenters. The maximum absolute atomic E-state index is 11.6. The van der Waals surface area contributed by atoms with E-state index in [1.807, 2.05) is 6.20 Å². The molecule has 0 bridgehead atoms. The highest BCUT2D eigenvalue weighted by molar-refractivity contribution is 7.90. The number of rotatable bonds is 4. The van der Waals surface area contributed by atoms with Crippen molar-refractivity contribution in [3.63, 3.8) is 0 Å². The van der Waals surface area contributed by atoms with Crippen LogP contribution in [0.5, 0.6) is 0 Å². The molecule has 1 aromatic carbocycles. The van der Waals surface area contributed by atoms with E-state index < -0.39 is 15.9 Å². The molecule has 2 aromatic heterocycles. The topological polar surface area (TPSA) is 105 Å². The third kappa shape index (κ3) is 3.93. The van der Waals surface area contributed by atoms with Gasteiger partial charge in [0, 0.05) is 30.3 Å². The van der Waals surface area contributed by atoms with Crippen LogP contribution >= 0.6 is 11.3 Å². The first kappa shape index (κ1) is 20.8. The third-order valence-corrected chi connectivity index (χ3v) is 7.86. The van der Waals surface area contributed by atoms with Gasteiger partial charge in [-0.3, -0.25) is 0 Å². The molecule has 0 saturated carbocycles. The summed E-state index contributed by atoms with van der Waals surface area (Å²) in [5.41, 5.74) is 1.57. The number of aromatic nitrogens is 3. The fraction of sp³-hybridized carbons (Fsp3) is 0.450. The number of piperidine rings is 1. The Kier molecular flexibility index (Phi) is 5.31. The fourth-order valence-corrected chi connectivity index (χ4v) is 5.64. The molecule has 0 radical (unpaired) electrons. The summed E-state index contributed by atoms with van der Waals surface area (Å²) < 4.78 is 25.0. The van der Waals surface area contributed by atoms with Gasteiger partial charge in [0.25, 0.3) is 0 Å². The van der Waals surface area contributed by atoms with Crippen LogP contribution in [0, 0.1) is 5.92 Å². The number of hydrogen-bond acceptors (Lipinski definition) is 6. The van der Waals surface area contributed by atoms with Crippen molar-refractivity contribution in [2.45, 2.75) is 43.5 Å². The number of imidazole rings is 1. The highest BCUT2D eigenvalue weighted by Gasteiger charge is 2.35. The van der Waals surface area contributed by atoms with Gasteiger partial charge in [0.1, 0.15) is 5.01 Å². The number of amides is 1. The van der Waals surface area contributed by atoms with E-state index in [1.54, 1.807) is 33.7 Å². The fourth-order valence-electron chi connectivity index (χ4n) is 3.98. The lowest BCUT2D eigenvalue weighted by atomic mass is 9.86. The number of carbonyl (C=O) groups is 1. The first-order valence-electron chi connectivity index (χ1n) is 9.79. The molecule has 3 heterocycles. The molecule has 1 aliphatic heterocycles. The summed E-state index contributed by atoms with van der Waals surface area (Å²) in [6.07, 6.45) is 3.70. The molecule has 3 aromatic rings. The number of nitrogens with zero attached hydrogens (tertiary/aromatic N) is 4. The minimum atomic E-state index is -3.23. The van der Waals surface area contributed by atoms with Gasteiger partial charge >= 0.3 is 6.09 Å². The van der Waals surface area contributed by atoms with Gasteiger partial charge in [0.05, 0.1) is 16.8 Å². The number of fused-ring (bicyclic) bond motifs is 1. The van der Waals surface area contributed by atoms with E-state index in [-0.39, 0.29) is 22.8 Å². The van der Waals surface area contributed by atoms with E-state index >= 15 is 0 Å². The van der Waals surface area contributed by atoms with Crippen LogP contribution in [0.15, 0.2) is 35.4 Å². The molecule has 160 valence electrons. The van der Waals surface area contributed by atoms with E-state index in [0.717, 1.165) is 34.1 Å². The molecule has 10 heteroatoms.